The Labute approximate surface area is 192 Å². The minimum atomic E-state index is -0.278. The lowest BCUT2D eigenvalue weighted by Crippen LogP contribution is -2.23. The van der Waals surface area contributed by atoms with Crippen molar-refractivity contribution in [2.45, 2.75) is 65.0 Å². The molecule has 31 heavy (non-hydrogen) atoms. The van der Waals surface area contributed by atoms with Crippen LogP contribution < -0.4 is 10.1 Å². The van der Waals surface area contributed by atoms with E-state index in [0.717, 1.165) is 37.9 Å². The number of nitrogens with zero attached hydrogens (tertiary/aromatic N) is 2. The number of hydrogen-bond acceptors (Lipinski definition) is 5. The van der Waals surface area contributed by atoms with Gasteiger partial charge in [0.05, 0.1) is 12.7 Å². The Kier molecular flexibility index (Phi) is 9.02. The van der Waals surface area contributed by atoms with E-state index in [1.54, 1.807) is 29.1 Å². The number of hydrogen-bond donors (Lipinski definition) is 1. The Morgan fingerprint density at radius 3 is 2.90 bits per heavy atom. The summed E-state index contributed by atoms with van der Waals surface area (Å²) in [7, 11) is 0. The van der Waals surface area contributed by atoms with E-state index < -0.39 is 0 Å². The Morgan fingerprint density at radius 1 is 1.35 bits per heavy atom. The quantitative estimate of drug-likeness (QED) is 0.503. The first-order valence-electron chi connectivity index (χ1n) is 10.6. The maximum absolute atomic E-state index is 12.8. The molecule has 0 saturated carbocycles. The largest absolute Gasteiger partial charge is 0.473 e. The maximum Gasteiger partial charge on any atom is 0.258 e. The zero-order valence-corrected chi connectivity index (χ0v) is 19.4. The minimum absolute atomic E-state index is 0.104. The van der Waals surface area contributed by atoms with Crippen molar-refractivity contribution >= 4 is 29.1 Å². The lowest BCUT2D eigenvalue weighted by atomic mass is 10.2. The van der Waals surface area contributed by atoms with Crippen LogP contribution in [0.25, 0.3) is 0 Å². The molecule has 9 heteroatoms. The fourth-order valence-corrected chi connectivity index (χ4v) is 3.68. The first kappa shape index (κ1) is 23.9. The smallest absolute Gasteiger partial charge is 0.258 e. The molecule has 1 N–H and O–H groups in total. The Morgan fingerprint density at radius 2 is 2.19 bits per heavy atom. The van der Waals surface area contributed by atoms with Crippen molar-refractivity contribution in [2.24, 2.45) is 0 Å². The number of carbonyl (C=O) groups is 1. The van der Waals surface area contributed by atoms with Crippen molar-refractivity contribution in [2.75, 3.05) is 13.2 Å². The van der Waals surface area contributed by atoms with Crippen LogP contribution in [0.5, 0.6) is 5.88 Å². The highest BCUT2D eigenvalue weighted by Gasteiger charge is 2.19. The number of benzene rings is 1. The van der Waals surface area contributed by atoms with Gasteiger partial charge in [-0.3, -0.25) is 9.48 Å². The number of aromatic nitrogens is 2. The summed E-state index contributed by atoms with van der Waals surface area (Å²) in [6, 6.07) is 5.17. The van der Waals surface area contributed by atoms with Gasteiger partial charge in [0.1, 0.15) is 5.56 Å². The monoisotopic (exact) mass is 469 g/mol. The molecule has 1 aliphatic rings. The van der Waals surface area contributed by atoms with Gasteiger partial charge in [-0.1, -0.05) is 29.3 Å². The molecule has 3 rings (SSSR count). The van der Waals surface area contributed by atoms with Crippen molar-refractivity contribution in [3.8, 4) is 5.88 Å². The highest BCUT2D eigenvalue weighted by Crippen LogP contribution is 2.22. The second-order valence-corrected chi connectivity index (χ2v) is 8.56. The van der Waals surface area contributed by atoms with E-state index in [4.69, 9.17) is 37.4 Å². The van der Waals surface area contributed by atoms with Gasteiger partial charge in [0.2, 0.25) is 5.88 Å². The molecule has 1 unspecified atom stereocenters. The molecule has 1 aromatic carbocycles. The standard InChI is InChI=1S/C22H29Cl2N3O4/c1-15(2)31-22-18(21(28)25-13-16-7-8-17(23)12-19(16)24)14-27(26-22)9-5-11-30-20-6-3-4-10-29-20/h7-8,12,14-15,20H,3-6,9-11,13H2,1-2H3,(H,25,28). The van der Waals surface area contributed by atoms with Crippen molar-refractivity contribution in [1.82, 2.24) is 15.1 Å². The molecule has 1 amide bonds. The molecule has 1 saturated heterocycles. The maximum atomic E-state index is 12.8. The molecule has 170 valence electrons. The van der Waals surface area contributed by atoms with Crippen molar-refractivity contribution in [3.05, 3.63) is 45.6 Å². The zero-order valence-electron chi connectivity index (χ0n) is 17.9. The summed E-state index contributed by atoms with van der Waals surface area (Å²) in [4.78, 5) is 12.8. The van der Waals surface area contributed by atoms with E-state index in [0.29, 0.717) is 34.6 Å². The van der Waals surface area contributed by atoms with Crippen LogP contribution in [0, 0.1) is 0 Å². The van der Waals surface area contributed by atoms with Crippen LogP contribution in [0.2, 0.25) is 10.0 Å². The van der Waals surface area contributed by atoms with E-state index in [1.165, 1.54) is 0 Å². The molecule has 2 heterocycles. The summed E-state index contributed by atoms with van der Waals surface area (Å²) in [5, 5.41) is 8.37. The van der Waals surface area contributed by atoms with Gasteiger partial charge < -0.3 is 19.5 Å². The van der Waals surface area contributed by atoms with Crippen molar-refractivity contribution in [1.29, 1.82) is 0 Å². The van der Waals surface area contributed by atoms with Crippen LogP contribution in [-0.2, 0) is 22.6 Å². The molecule has 0 bridgehead atoms. The number of ether oxygens (including phenoxy) is 3. The lowest BCUT2D eigenvalue weighted by Gasteiger charge is -2.22. The molecule has 1 atom stereocenters. The number of nitrogens with one attached hydrogen (secondary N) is 1. The molecule has 0 spiro atoms. The summed E-state index contributed by atoms with van der Waals surface area (Å²) < 4.78 is 18.8. The van der Waals surface area contributed by atoms with E-state index in [9.17, 15) is 4.79 Å². The Balaban J connectivity index is 1.57. The van der Waals surface area contributed by atoms with Gasteiger partial charge in [-0.2, -0.15) is 0 Å². The van der Waals surface area contributed by atoms with Gasteiger partial charge in [-0.05, 0) is 57.2 Å². The first-order chi connectivity index (χ1) is 14.9. The highest BCUT2D eigenvalue weighted by atomic mass is 35.5. The molecule has 0 aliphatic carbocycles. The minimum Gasteiger partial charge on any atom is -0.473 e. The fourth-order valence-electron chi connectivity index (χ4n) is 3.20. The second kappa shape index (κ2) is 11.7. The number of carbonyl (C=O) groups excluding carboxylic acids is 1. The summed E-state index contributed by atoms with van der Waals surface area (Å²) >= 11 is 12.1. The molecule has 7 nitrogen and oxygen atoms in total. The van der Waals surface area contributed by atoms with E-state index in [2.05, 4.69) is 10.4 Å². The van der Waals surface area contributed by atoms with Crippen LogP contribution in [0.3, 0.4) is 0 Å². The highest BCUT2D eigenvalue weighted by molar-refractivity contribution is 6.35. The Bertz CT molecular complexity index is 866. The number of aryl methyl sites for hydroxylation is 1. The second-order valence-electron chi connectivity index (χ2n) is 7.72. The van der Waals surface area contributed by atoms with Gasteiger partial charge in [0.15, 0.2) is 6.29 Å². The predicted octanol–water partition coefficient (Wildman–Crippen LogP) is 4.84. The van der Waals surface area contributed by atoms with Gasteiger partial charge in [0.25, 0.3) is 5.91 Å². The van der Waals surface area contributed by atoms with Crippen LogP contribution >= 0.6 is 23.2 Å². The molecular weight excluding hydrogens is 441 g/mol. The average Bonchev–Trinajstić information content (AvgIpc) is 3.13. The first-order valence-corrected chi connectivity index (χ1v) is 11.4. The molecule has 0 radical (unpaired) electrons. The SMILES string of the molecule is CC(C)Oc1nn(CCCOC2CCCCO2)cc1C(=O)NCc1ccc(Cl)cc1Cl. The van der Waals surface area contributed by atoms with Crippen molar-refractivity contribution in [3.63, 3.8) is 0 Å². The molecule has 1 fully saturated rings. The van der Waals surface area contributed by atoms with Crippen molar-refractivity contribution < 1.29 is 19.0 Å². The fraction of sp³-hybridized carbons (Fsp3) is 0.545. The zero-order chi connectivity index (χ0) is 22.2. The summed E-state index contributed by atoms with van der Waals surface area (Å²) in [6.45, 7) is 6.01. The normalized spacial score (nSPS) is 16.5. The summed E-state index contributed by atoms with van der Waals surface area (Å²) in [5.41, 5.74) is 1.16. The Hall–Kier alpha value is -1.80. The number of amides is 1. The summed E-state index contributed by atoms with van der Waals surface area (Å²) in [6.07, 6.45) is 5.42. The average molecular weight is 470 g/mol. The third-order valence-electron chi connectivity index (χ3n) is 4.75. The number of rotatable bonds is 10. The van der Waals surface area contributed by atoms with Gasteiger partial charge >= 0.3 is 0 Å². The number of halogens is 2. The van der Waals surface area contributed by atoms with Gasteiger partial charge in [0, 0.05) is 35.9 Å². The van der Waals surface area contributed by atoms with Crippen LogP contribution in [0.15, 0.2) is 24.4 Å². The van der Waals surface area contributed by atoms with Crippen LogP contribution in [0.1, 0.15) is 55.5 Å². The third kappa shape index (κ3) is 7.38. The van der Waals surface area contributed by atoms with Gasteiger partial charge in [-0.15, -0.1) is 5.10 Å². The van der Waals surface area contributed by atoms with E-state index in [1.807, 2.05) is 13.8 Å². The molecular formula is C22H29Cl2N3O4. The topological polar surface area (TPSA) is 74.6 Å². The lowest BCUT2D eigenvalue weighted by molar-refractivity contribution is -0.163. The van der Waals surface area contributed by atoms with Crippen LogP contribution in [0.4, 0.5) is 0 Å². The molecule has 1 aliphatic heterocycles. The van der Waals surface area contributed by atoms with E-state index in [-0.39, 0.29) is 24.8 Å². The summed E-state index contributed by atoms with van der Waals surface area (Å²) in [5.74, 6) is 0.0333. The molecule has 2 aromatic rings. The predicted molar refractivity (Wildman–Crippen MR) is 120 cm³/mol. The van der Waals surface area contributed by atoms with Gasteiger partial charge in [-0.25, -0.2) is 0 Å². The van der Waals surface area contributed by atoms with Crippen LogP contribution in [-0.4, -0.2) is 41.3 Å². The van der Waals surface area contributed by atoms with E-state index >= 15 is 0 Å². The molecule has 1 aromatic heterocycles. The third-order valence-corrected chi connectivity index (χ3v) is 5.33.